The van der Waals surface area contributed by atoms with Crippen LogP contribution in [0.4, 0.5) is 4.39 Å². The SMILES string of the molecule is O=C(Cn1ncc(Cl)c(Cl)c1=O)N1CCN(Cc2c(F)cccc2Cl)CC1. The van der Waals surface area contributed by atoms with E-state index in [0.717, 1.165) is 4.68 Å². The van der Waals surface area contributed by atoms with E-state index < -0.39 is 5.56 Å². The van der Waals surface area contributed by atoms with Gasteiger partial charge in [-0.1, -0.05) is 40.9 Å². The molecule has 0 saturated carbocycles. The quantitative estimate of drug-likeness (QED) is 0.744. The first-order valence-corrected chi connectivity index (χ1v) is 9.34. The molecule has 1 aliphatic heterocycles. The molecular weight excluding hydrogens is 418 g/mol. The van der Waals surface area contributed by atoms with Crippen molar-refractivity contribution in [3.05, 3.63) is 61.2 Å². The van der Waals surface area contributed by atoms with Gasteiger partial charge in [0.05, 0.1) is 11.2 Å². The molecule has 6 nitrogen and oxygen atoms in total. The van der Waals surface area contributed by atoms with Gasteiger partial charge in [-0.2, -0.15) is 5.10 Å². The summed E-state index contributed by atoms with van der Waals surface area (Å²) in [6.45, 7) is 2.22. The third-order valence-electron chi connectivity index (χ3n) is 4.40. The molecule has 3 rings (SSSR count). The highest BCUT2D eigenvalue weighted by Crippen LogP contribution is 2.21. The molecular formula is C17H16Cl3FN4O2. The molecule has 27 heavy (non-hydrogen) atoms. The zero-order chi connectivity index (χ0) is 19.6. The summed E-state index contributed by atoms with van der Waals surface area (Å²) in [6, 6.07) is 4.60. The molecule has 10 heteroatoms. The summed E-state index contributed by atoms with van der Waals surface area (Å²) in [4.78, 5) is 28.1. The van der Waals surface area contributed by atoms with Crippen molar-refractivity contribution in [3.8, 4) is 0 Å². The zero-order valence-electron chi connectivity index (χ0n) is 14.2. The van der Waals surface area contributed by atoms with E-state index in [1.54, 1.807) is 17.0 Å². The van der Waals surface area contributed by atoms with E-state index in [1.807, 2.05) is 4.90 Å². The average Bonchev–Trinajstić information content (AvgIpc) is 2.66. The fourth-order valence-corrected chi connectivity index (χ4v) is 3.34. The van der Waals surface area contributed by atoms with E-state index in [4.69, 9.17) is 34.8 Å². The van der Waals surface area contributed by atoms with E-state index in [-0.39, 0.29) is 28.3 Å². The number of amides is 1. The van der Waals surface area contributed by atoms with Gasteiger partial charge in [0.15, 0.2) is 0 Å². The Bertz CT molecular complexity index is 893. The van der Waals surface area contributed by atoms with E-state index >= 15 is 0 Å². The van der Waals surface area contributed by atoms with Gasteiger partial charge >= 0.3 is 0 Å². The van der Waals surface area contributed by atoms with Crippen LogP contribution in [0, 0.1) is 5.82 Å². The molecule has 0 N–H and O–H groups in total. The highest BCUT2D eigenvalue weighted by molar-refractivity contribution is 6.41. The Hall–Kier alpha value is -1.67. The van der Waals surface area contributed by atoms with Crippen LogP contribution in [0.2, 0.25) is 15.1 Å². The van der Waals surface area contributed by atoms with Crippen LogP contribution in [0.1, 0.15) is 5.56 Å². The number of carbonyl (C=O) groups is 1. The molecule has 1 fully saturated rings. The minimum Gasteiger partial charge on any atom is -0.339 e. The second kappa shape index (κ2) is 8.56. The maximum atomic E-state index is 13.9. The zero-order valence-corrected chi connectivity index (χ0v) is 16.4. The van der Waals surface area contributed by atoms with Crippen LogP contribution in [0.3, 0.4) is 0 Å². The maximum absolute atomic E-state index is 13.9. The summed E-state index contributed by atoms with van der Waals surface area (Å²) in [6.07, 6.45) is 1.23. The number of rotatable bonds is 4. The molecule has 0 unspecified atom stereocenters. The van der Waals surface area contributed by atoms with E-state index in [0.29, 0.717) is 43.3 Å². The van der Waals surface area contributed by atoms with Crippen molar-refractivity contribution in [2.24, 2.45) is 0 Å². The maximum Gasteiger partial charge on any atom is 0.287 e. The number of piperazine rings is 1. The summed E-state index contributed by atoms with van der Waals surface area (Å²) in [5.41, 5.74) is -0.157. The van der Waals surface area contributed by atoms with Gasteiger partial charge in [0.2, 0.25) is 5.91 Å². The molecule has 1 saturated heterocycles. The Morgan fingerprint density at radius 3 is 2.48 bits per heavy atom. The van der Waals surface area contributed by atoms with Gasteiger partial charge in [-0.25, -0.2) is 9.07 Å². The van der Waals surface area contributed by atoms with Crippen molar-refractivity contribution in [1.29, 1.82) is 0 Å². The predicted octanol–water partition coefficient (Wildman–Crippen LogP) is 2.69. The molecule has 0 bridgehead atoms. The molecule has 144 valence electrons. The van der Waals surface area contributed by atoms with Crippen LogP contribution in [-0.4, -0.2) is 51.7 Å². The largest absolute Gasteiger partial charge is 0.339 e. The standard InChI is InChI=1S/C17H16Cl3FN4O2/c18-12-2-1-3-14(21)11(12)9-23-4-6-24(7-5-23)15(26)10-25-17(27)16(20)13(19)8-22-25/h1-3,8H,4-7,9-10H2. The van der Waals surface area contributed by atoms with Crippen LogP contribution in [0.15, 0.2) is 29.2 Å². The first-order valence-electron chi connectivity index (χ1n) is 8.21. The van der Waals surface area contributed by atoms with Gasteiger partial charge in [-0.3, -0.25) is 14.5 Å². The molecule has 0 aliphatic carbocycles. The van der Waals surface area contributed by atoms with E-state index in [9.17, 15) is 14.0 Å². The predicted molar refractivity (Wildman–Crippen MR) is 102 cm³/mol. The summed E-state index contributed by atoms with van der Waals surface area (Å²) in [5, 5.41) is 4.11. The molecule has 0 atom stereocenters. The van der Waals surface area contributed by atoms with Gasteiger partial charge in [0, 0.05) is 43.3 Å². The van der Waals surface area contributed by atoms with Crippen LogP contribution < -0.4 is 5.56 Å². The molecule has 1 aromatic carbocycles. The molecule has 2 heterocycles. The minimum atomic E-state index is -0.606. The highest BCUT2D eigenvalue weighted by Gasteiger charge is 2.23. The summed E-state index contributed by atoms with van der Waals surface area (Å²) in [7, 11) is 0. The molecule has 1 aliphatic rings. The van der Waals surface area contributed by atoms with Crippen LogP contribution in [0.25, 0.3) is 0 Å². The van der Waals surface area contributed by atoms with E-state index in [2.05, 4.69) is 5.10 Å². The summed E-state index contributed by atoms with van der Waals surface area (Å²) >= 11 is 17.6. The molecule has 0 radical (unpaired) electrons. The monoisotopic (exact) mass is 432 g/mol. The van der Waals surface area contributed by atoms with Gasteiger partial charge in [-0.15, -0.1) is 0 Å². The van der Waals surface area contributed by atoms with Crippen molar-refractivity contribution in [2.75, 3.05) is 26.2 Å². The third-order valence-corrected chi connectivity index (χ3v) is 5.50. The lowest BCUT2D eigenvalue weighted by atomic mass is 10.2. The van der Waals surface area contributed by atoms with Gasteiger partial charge in [0.1, 0.15) is 17.4 Å². The number of hydrogen-bond donors (Lipinski definition) is 0. The van der Waals surface area contributed by atoms with Crippen molar-refractivity contribution >= 4 is 40.7 Å². The number of carbonyl (C=O) groups excluding carboxylic acids is 1. The fourth-order valence-electron chi connectivity index (χ4n) is 2.85. The van der Waals surface area contributed by atoms with Crippen LogP contribution >= 0.6 is 34.8 Å². The number of halogens is 4. The van der Waals surface area contributed by atoms with Gasteiger partial charge < -0.3 is 4.90 Å². The Balaban J connectivity index is 1.58. The third kappa shape index (κ3) is 4.60. The van der Waals surface area contributed by atoms with Crippen LogP contribution in [-0.2, 0) is 17.9 Å². The Kier molecular flexibility index (Phi) is 6.37. The second-order valence-corrected chi connectivity index (χ2v) is 7.32. The first-order chi connectivity index (χ1) is 12.9. The Morgan fingerprint density at radius 1 is 1.11 bits per heavy atom. The molecule has 1 aromatic heterocycles. The topological polar surface area (TPSA) is 58.4 Å². The van der Waals surface area contributed by atoms with Crippen molar-refractivity contribution < 1.29 is 9.18 Å². The summed E-state index contributed by atoms with van der Waals surface area (Å²) in [5.74, 6) is -0.586. The lowest BCUT2D eigenvalue weighted by Crippen LogP contribution is -2.49. The Morgan fingerprint density at radius 2 is 1.81 bits per heavy atom. The smallest absolute Gasteiger partial charge is 0.287 e. The lowest BCUT2D eigenvalue weighted by molar-refractivity contribution is -0.133. The molecule has 1 amide bonds. The van der Waals surface area contributed by atoms with Crippen molar-refractivity contribution in [3.63, 3.8) is 0 Å². The van der Waals surface area contributed by atoms with Crippen molar-refractivity contribution in [2.45, 2.75) is 13.1 Å². The van der Waals surface area contributed by atoms with Gasteiger partial charge in [-0.05, 0) is 12.1 Å². The average molecular weight is 434 g/mol. The Labute approximate surface area is 170 Å². The number of aromatic nitrogens is 2. The number of benzene rings is 1. The minimum absolute atomic E-state index is 0.0470. The molecule has 0 spiro atoms. The van der Waals surface area contributed by atoms with Gasteiger partial charge in [0.25, 0.3) is 5.56 Å². The molecule has 2 aromatic rings. The second-order valence-electron chi connectivity index (χ2n) is 6.13. The fraction of sp³-hybridized carbons (Fsp3) is 0.353. The highest BCUT2D eigenvalue weighted by atomic mass is 35.5. The normalized spacial score (nSPS) is 15.2. The first kappa shape index (κ1) is 20.1. The summed E-state index contributed by atoms with van der Waals surface area (Å²) < 4.78 is 14.9. The number of nitrogens with zero attached hydrogens (tertiary/aromatic N) is 4. The lowest BCUT2D eigenvalue weighted by Gasteiger charge is -2.35. The van der Waals surface area contributed by atoms with Crippen LogP contribution in [0.5, 0.6) is 0 Å². The van der Waals surface area contributed by atoms with Crippen molar-refractivity contribution in [1.82, 2.24) is 19.6 Å². The number of hydrogen-bond acceptors (Lipinski definition) is 4. The van der Waals surface area contributed by atoms with E-state index in [1.165, 1.54) is 12.3 Å².